The van der Waals surface area contributed by atoms with Gasteiger partial charge in [-0.3, -0.25) is 9.36 Å². The molecule has 0 spiro atoms. The first-order valence-electron chi connectivity index (χ1n) is 7.00. The molecule has 2 heterocycles. The largest absolute Gasteiger partial charge is 0.292 e. The number of aromatic nitrogens is 2. The fourth-order valence-corrected chi connectivity index (χ4v) is 3.64. The van der Waals surface area contributed by atoms with E-state index in [9.17, 15) is 4.79 Å². The molecule has 0 radical (unpaired) electrons. The van der Waals surface area contributed by atoms with E-state index in [-0.39, 0.29) is 5.56 Å². The van der Waals surface area contributed by atoms with Crippen molar-refractivity contribution in [3.8, 4) is 0 Å². The zero-order valence-electron chi connectivity index (χ0n) is 12.7. The molecule has 0 N–H and O–H groups in total. The first kappa shape index (κ1) is 14.0. The van der Waals surface area contributed by atoms with E-state index >= 15 is 0 Å². The van der Waals surface area contributed by atoms with Crippen LogP contribution >= 0.6 is 11.3 Å². The van der Waals surface area contributed by atoms with Crippen molar-refractivity contribution in [2.75, 3.05) is 0 Å². The van der Waals surface area contributed by atoms with E-state index in [1.807, 2.05) is 32.9 Å². The van der Waals surface area contributed by atoms with Crippen LogP contribution in [0.15, 0.2) is 29.1 Å². The Morgan fingerprint density at radius 3 is 2.57 bits per heavy atom. The second-order valence-corrected chi connectivity index (χ2v) is 6.64. The normalized spacial score (nSPS) is 11.2. The Kier molecular flexibility index (Phi) is 3.41. The minimum atomic E-state index is 0.0719. The van der Waals surface area contributed by atoms with Gasteiger partial charge in [0, 0.05) is 4.88 Å². The second-order valence-electron chi connectivity index (χ2n) is 5.44. The number of benzene rings is 1. The third-order valence-corrected chi connectivity index (χ3v) is 5.17. The summed E-state index contributed by atoms with van der Waals surface area (Å²) in [6.45, 7) is 8.60. The van der Waals surface area contributed by atoms with Crippen LogP contribution in [0.1, 0.15) is 27.4 Å². The van der Waals surface area contributed by atoms with Crippen LogP contribution < -0.4 is 5.56 Å². The highest BCUT2D eigenvalue weighted by Gasteiger charge is 2.15. The Labute approximate surface area is 127 Å². The number of fused-ring (bicyclic) bond motifs is 1. The highest BCUT2D eigenvalue weighted by Crippen LogP contribution is 2.26. The summed E-state index contributed by atoms with van der Waals surface area (Å²) in [5.74, 6) is 0.775. The van der Waals surface area contributed by atoms with Crippen LogP contribution in [0.4, 0.5) is 0 Å². The molecule has 0 aliphatic rings. The lowest BCUT2D eigenvalue weighted by Gasteiger charge is -2.11. The van der Waals surface area contributed by atoms with Crippen molar-refractivity contribution in [2.24, 2.45) is 0 Å². The van der Waals surface area contributed by atoms with Crippen LogP contribution in [-0.4, -0.2) is 9.55 Å². The van der Waals surface area contributed by atoms with Gasteiger partial charge in [-0.2, -0.15) is 0 Å². The van der Waals surface area contributed by atoms with Crippen molar-refractivity contribution in [1.29, 1.82) is 0 Å². The van der Waals surface area contributed by atoms with Crippen molar-refractivity contribution in [1.82, 2.24) is 9.55 Å². The molecule has 0 saturated heterocycles. The summed E-state index contributed by atoms with van der Waals surface area (Å²) in [7, 11) is 0. The molecule has 2 aromatic heterocycles. The van der Waals surface area contributed by atoms with Crippen LogP contribution in [0.3, 0.4) is 0 Å². The molecule has 0 fully saturated rings. The van der Waals surface area contributed by atoms with Gasteiger partial charge in [0.25, 0.3) is 5.56 Å². The van der Waals surface area contributed by atoms with E-state index in [0.29, 0.717) is 6.54 Å². The monoisotopic (exact) mass is 298 g/mol. The SMILES string of the molecule is Cc1ccccc1Cn1c(C)nc2sc(C)c(C)c2c1=O. The second kappa shape index (κ2) is 5.11. The summed E-state index contributed by atoms with van der Waals surface area (Å²) in [4.78, 5) is 19.5. The Morgan fingerprint density at radius 2 is 1.86 bits per heavy atom. The zero-order chi connectivity index (χ0) is 15.1. The lowest BCUT2D eigenvalue weighted by atomic mass is 10.1. The molecule has 0 saturated carbocycles. The molecule has 0 bridgehead atoms. The van der Waals surface area contributed by atoms with Gasteiger partial charge in [0.15, 0.2) is 0 Å². The summed E-state index contributed by atoms with van der Waals surface area (Å²) in [5.41, 5.74) is 3.49. The maximum Gasteiger partial charge on any atom is 0.262 e. The highest BCUT2D eigenvalue weighted by molar-refractivity contribution is 7.18. The van der Waals surface area contributed by atoms with Crippen molar-refractivity contribution < 1.29 is 0 Å². The van der Waals surface area contributed by atoms with E-state index in [1.54, 1.807) is 15.9 Å². The minimum absolute atomic E-state index is 0.0719. The molecule has 1 aromatic carbocycles. The van der Waals surface area contributed by atoms with Gasteiger partial charge in [-0.25, -0.2) is 4.98 Å². The molecule has 21 heavy (non-hydrogen) atoms. The summed E-state index contributed by atoms with van der Waals surface area (Å²) in [5, 5.41) is 0.775. The summed E-state index contributed by atoms with van der Waals surface area (Å²) in [6.07, 6.45) is 0. The van der Waals surface area contributed by atoms with Gasteiger partial charge in [-0.05, 0) is 44.4 Å². The number of hydrogen-bond acceptors (Lipinski definition) is 3. The van der Waals surface area contributed by atoms with Gasteiger partial charge >= 0.3 is 0 Å². The van der Waals surface area contributed by atoms with Gasteiger partial charge in [0.2, 0.25) is 0 Å². The van der Waals surface area contributed by atoms with E-state index in [1.165, 1.54) is 10.4 Å². The third kappa shape index (κ3) is 2.29. The highest BCUT2D eigenvalue weighted by atomic mass is 32.1. The van der Waals surface area contributed by atoms with Crippen molar-refractivity contribution in [3.05, 3.63) is 62.0 Å². The van der Waals surface area contributed by atoms with Crippen LogP contribution in [0.5, 0.6) is 0 Å². The van der Waals surface area contributed by atoms with Gasteiger partial charge < -0.3 is 0 Å². The lowest BCUT2D eigenvalue weighted by molar-refractivity contribution is 0.710. The molecule has 4 heteroatoms. The van der Waals surface area contributed by atoms with Crippen LogP contribution in [0.2, 0.25) is 0 Å². The summed E-state index contributed by atoms with van der Waals surface area (Å²) in [6, 6.07) is 8.16. The van der Waals surface area contributed by atoms with Gasteiger partial charge in [0.05, 0.1) is 11.9 Å². The molecular formula is C17H18N2OS. The summed E-state index contributed by atoms with van der Waals surface area (Å²) < 4.78 is 1.78. The van der Waals surface area contributed by atoms with Crippen molar-refractivity contribution >= 4 is 21.6 Å². The fraction of sp³-hybridized carbons (Fsp3) is 0.294. The first-order valence-corrected chi connectivity index (χ1v) is 7.82. The fourth-order valence-electron chi connectivity index (χ4n) is 2.57. The molecule has 108 valence electrons. The average molecular weight is 298 g/mol. The smallest absolute Gasteiger partial charge is 0.262 e. The number of aryl methyl sites for hydroxylation is 4. The average Bonchev–Trinajstić information content (AvgIpc) is 2.72. The topological polar surface area (TPSA) is 34.9 Å². The maximum atomic E-state index is 12.8. The molecule has 0 unspecified atom stereocenters. The van der Waals surface area contributed by atoms with Crippen molar-refractivity contribution in [2.45, 2.75) is 34.2 Å². The first-order chi connectivity index (χ1) is 9.99. The molecule has 0 amide bonds. The number of thiophene rings is 1. The third-order valence-electron chi connectivity index (χ3n) is 4.07. The van der Waals surface area contributed by atoms with E-state index in [0.717, 1.165) is 27.2 Å². The Balaban J connectivity index is 2.21. The quantitative estimate of drug-likeness (QED) is 0.722. The number of hydrogen-bond donors (Lipinski definition) is 0. The predicted molar refractivity (Wildman–Crippen MR) is 88.4 cm³/mol. The molecule has 0 aliphatic heterocycles. The minimum Gasteiger partial charge on any atom is -0.292 e. The van der Waals surface area contributed by atoms with Gasteiger partial charge in [-0.15, -0.1) is 11.3 Å². The summed E-state index contributed by atoms with van der Waals surface area (Å²) >= 11 is 1.60. The zero-order valence-corrected chi connectivity index (χ0v) is 13.5. The lowest BCUT2D eigenvalue weighted by Crippen LogP contribution is -2.24. The van der Waals surface area contributed by atoms with Gasteiger partial charge in [0.1, 0.15) is 10.7 Å². The number of rotatable bonds is 2. The molecular weight excluding hydrogens is 280 g/mol. The van der Waals surface area contributed by atoms with E-state index < -0.39 is 0 Å². The molecule has 3 aromatic rings. The maximum absolute atomic E-state index is 12.8. The van der Waals surface area contributed by atoms with E-state index in [2.05, 4.69) is 24.0 Å². The van der Waals surface area contributed by atoms with E-state index in [4.69, 9.17) is 0 Å². The van der Waals surface area contributed by atoms with Gasteiger partial charge in [-0.1, -0.05) is 24.3 Å². The van der Waals surface area contributed by atoms with Crippen LogP contribution in [0, 0.1) is 27.7 Å². The van der Waals surface area contributed by atoms with Crippen molar-refractivity contribution in [3.63, 3.8) is 0 Å². The molecule has 0 aliphatic carbocycles. The predicted octanol–water partition coefficient (Wildman–Crippen LogP) is 3.74. The molecule has 0 atom stereocenters. The van der Waals surface area contributed by atoms with Crippen LogP contribution in [0.25, 0.3) is 10.2 Å². The number of nitrogens with zero attached hydrogens (tertiary/aromatic N) is 2. The van der Waals surface area contributed by atoms with Crippen LogP contribution in [-0.2, 0) is 6.54 Å². The Bertz CT molecular complexity index is 890. The Morgan fingerprint density at radius 1 is 1.14 bits per heavy atom. The Hall–Kier alpha value is -1.94. The molecule has 3 nitrogen and oxygen atoms in total. The standard InChI is InChI=1S/C17H18N2OS/c1-10-7-5-6-8-14(10)9-19-13(4)18-16-15(17(19)20)11(2)12(3)21-16/h5-8H,9H2,1-4H3. The molecule has 3 rings (SSSR count).